The van der Waals surface area contributed by atoms with Crippen molar-refractivity contribution >= 4 is 36.6 Å². The maximum Gasteiger partial charge on any atom is 0.234 e. The standard InChI is InChI=1S/C20H32N4O2.2ClH/c1-3-20(4-2,16-21)19(26)24-12-10-23(11-13-24)15-18(25)22-14-17-8-6-5-7-9-17;;/h5-9H,3-4,10-16,21H2,1-2H3,(H,22,25);2*1H. The first-order valence-corrected chi connectivity index (χ1v) is 9.57. The van der Waals surface area contributed by atoms with Gasteiger partial charge in [0.05, 0.1) is 12.0 Å². The smallest absolute Gasteiger partial charge is 0.234 e. The minimum Gasteiger partial charge on any atom is -0.351 e. The Bertz CT molecular complexity index is 581. The number of amides is 2. The van der Waals surface area contributed by atoms with Crippen LogP contribution in [0, 0.1) is 5.41 Å². The molecular formula is C20H34Cl2N4O2. The van der Waals surface area contributed by atoms with Gasteiger partial charge in [-0.1, -0.05) is 44.2 Å². The number of hydrogen-bond donors (Lipinski definition) is 2. The van der Waals surface area contributed by atoms with Gasteiger partial charge in [-0.2, -0.15) is 0 Å². The quantitative estimate of drug-likeness (QED) is 0.658. The van der Waals surface area contributed by atoms with Crippen LogP contribution in [0.4, 0.5) is 0 Å². The van der Waals surface area contributed by atoms with Crippen LogP contribution in [-0.2, 0) is 16.1 Å². The summed E-state index contributed by atoms with van der Waals surface area (Å²) < 4.78 is 0. The van der Waals surface area contributed by atoms with Crippen LogP contribution in [0.15, 0.2) is 30.3 Å². The Morgan fingerprint density at radius 2 is 1.61 bits per heavy atom. The molecule has 0 unspecified atom stereocenters. The number of carbonyl (C=O) groups excluding carboxylic acids is 2. The van der Waals surface area contributed by atoms with Crippen molar-refractivity contribution in [3.63, 3.8) is 0 Å². The number of nitrogens with one attached hydrogen (secondary N) is 1. The average Bonchev–Trinajstić information content (AvgIpc) is 2.69. The van der Waals surface area contributed by atoms with Gasteiger partial charge in [-0.15, -0.1) is 24.8 Å². The summed E-state index contributed by atoms with van der Waals surface area (Å²) in [6.07, 6.45) is 1.53. The van der Waals surface area contributed by atoms with E-state index >= 15 is 0 Å². The summed E-state index contributed by atoms with van der Waals surface area (Å²) in [6, 6.07) is 9.88. The number of nitrogens with zero attached hydrogens (tertiary/aromatic N) is 2. The second kappa shape index (κ2) is 13.0. The van der Waals surface area contributed by atoms with Gasteiger partial charge in [-0.3, -0.25) is 14.5 Å². The Morgan fingerprint density at radius 1 is 1.04 bits per heavy atom. The molecule has 0 aliphatic carbocycles. The van der Waals surface area contributed by atoms with E-state index in [1.807, 2.05) is 49.1 Å². The monoisotopic (exact) mass is 432 g/mol. The third-order valence-corrected chi connectivity index (χ3v) is 5.56. The normalized spacial score (nSPS) is 14.6. The minimum absolute atomic E-state index is 0. The predicted octanol–water partition coefficient (Wildman–Crippen LogP) is 2.06. The molecule has 0 radical (unpaired) electrons. The molecular weight excluding hydrogens is 399 g/mol. The van der Waals surface area contributed by atoms with Crippen LogP contribution in [-0.4, -0.2) is 60.9 Å². The van der Waals surface area contributed by atoms with Crippen LogP contribution >= 0.6 is 24.8 Å². The average molecular weight is 433 g/mol. The summed E-state index contributed by atoms with van der Waals surface area (Å²) in [5.41, 5.74) is 6.56. The van der Waals surface area contributed by atoms with Gasteiger partial charge in [-0.25, -0.2) is 0 Å². The van der Waals surface area contributed by atoms with E-state index in [1.54, 1.807) is 0 Å². The number of rotatable bonds is 8. The first-order chi connectivity index (χ1) is 12.5. The fraction of sp³-hybridized carbons (Fsp3) is 0.600. The Hall–Kier alpha value is -1.34. The lowest BCUT2D eigenvalue weighted by Gasteiger charge is -2.40. The lowest BCUT2D eigenvalue weighted by Crippen LogP contribution is -2.55. The number of benzene rings is 1. The highest BCUT2D eigenvalue weighted by molar-refractivity contribution is 5.85. The molecule has 0 saturated carbocycles. The summed E-state index contributed by atoms with van der Waals surface area (Å²) in [5.74, 6) is 0.185. The van der Waals surface area contributed by atoms with Crippen molar-refractivity contribution in [3.05, 3.63) is 35.9 Å². The van der Waals surface area contributed by atoms with Crippen molar-refractivity contribution in [2.24, 2.45) is 11.1 Å². The molecule has 2 rings (SSSR count). The molecule has 0 atom stereocenters. The van der Waals surface area contributed by atoms with Gasteiger partial charge in [0, 0.05) is 39.3 Å². The molecule has 1 aromatic carbocycles. The van der Waals surface area contributed by atoms with Crippen molar-refractivity contribution in [2.45, 2.75) is 33.2 Å². The van der Waals surface area contributed by atoms with E-state index in [4.69, 9.17) is 5.73 Å². The Labute approximate surface area is 181 Å². The summed E-state index contributed by atoms with van der Waals surface area (Å²) in [4.78, 5) is 29.0. The minimum atomic E-state index is -0.435. The van der Waals surface area contributed by atoms with E-state index < -0.39 is 5.41 Å². The molecule has 28 heavy (non-hydrogen) atoms. The molecule has 0 aromatic heterocycles. The molecule has 1 heterocycles. The molecule has 2 amide bonds. The lowest BCUT2D eigenvalue weighted by molar-refractivity contribution is -0.144. The molecule has 1 aliphatic heterocycles. The Morgan fingerprint density at radius 3 is 2.11 bits per heavy atom. The summed E-state index contributed by atoms with van der Waals surface area (Å²) in [5, 5.41) is 2.95. The molecule has 3 N–H and O–H groups in total. The van der Waals surface area contributed by atoms with E-state index in [1.165, 1.54) is 0 Å². The van der Waals surface area contributed by atoms with Gasteiger partial charge in [0.1, 0.15) is 0 Å². The van der Waals surface area contributed by atoms with Gasteiger partial charge in [-0.05, 0) is 18.4 Å². The van der Waals surface area contributed by atoms with Crippen LogP contribution < -0.4 is 11.1 Å². The maximum atomic E-state index is 12.8. The number of carbonyl (C=O) groups is 2. The first kappa shape index (κ1) is 26.7. The van der Waals surface area contributed by atoms with Crippen molar-refractivity contribution in [3.8, 4) is 0 Å². The predicted molar refractivity (Wildman–Crippen MR) is 118 cm³/mol. The Kier molecular flexibility index (Phi) is 12.4. The SMILES string of the molecule is CCC(CC)(CN)C(=O)N1CCN(CC(=O)NCc2ccccc2)CC1.Cl.Cl. The molecule has 1 saturated heterocycles. The molecule has 6 nitrogen and oxygen atoms in total. The fourth-order valence-corrected chi connectivity index (χ4v) is 3.43. The van der Waals surface area contributed by atoms with Crippen LogP contribution in [0.1, 0.15) is 32.3 Å². The fourth-order valence-electron chi connectivity index (χ4n) is 3.43. The number of halogens is 2. The van der Waals surface area contributed by atoms with Crippen LogP contribution in [0.2, 0.25) is 0 Å². The summed E-state index contributed by atoms with van der Waals surface area (Å²) >= 11 is 0. The lowest BCUT2D eigenvalue weighted by atomic mass is 9.81. The summed E-state index contributed by atoms with van der Waals surface area (Å²) in [6.45, 7) is 8.13. The number of nitrogens with two attached hydrogens (primary N) is 1. The molecule has 160 valence electrons. The zero-order valence-corrected chi connectivity index (χ0v) is 18.5. The van der Waals surface area contributed by atoms with Gasteiger partial charge in [0.15, 0.2) is 0 Å². The molecule has 0 spiro atoms. The second-order valence-corrected chi connectivity index (χ2v) is 7.02. The van der Waals surface area contributed by atoms with E-state index in [0.29, 0.717) is 32.7 Å². The highest BCUT2D eigenvalue weighted by Gasteiger charge is 2.37. The van der Waals surface area contributed by atoms with Gasteiger partial charge >= 0.3 is 0 Å². The van der Waals surface area contributed by atoms with E-state index in [2.05, 4.69) is 10.2 Å². The Balaban J connectivity index is 0.00000364. The van der Waals surface area contributed by atoms with E-state index in [9.17, 15) is 9.59 Å². The third kappa shape index (κ3) is 6.92. The van der Waals surface area contributed by atoms with Gasteiger partial charge < -0.3 is 16.0 Å². The molecule has 1 fully saturated rings. The largest absolute Gasteiger partial charge is 0.351 e. The number of hydrogen-bond acceptors (Lipinski definition) is 4. The summed E-state index contributed by atoms with van der Waals surface area (Å²) in [7, 11) is 0. The van der Waals surface area contributed by atoms with Crippen molar-refractivity contribution in [1.29, 1.82) is 0 Å². The zero-order chi connectivity index (χ0) is 19.0. The second-order valence-electron chi connectivity index (χ2n) is 7.02. The van der Waals surface area contributed by atoms with Gasteiger partial charge in [0.25, 0.3) is 0 Å². The topological polar surface area (TPSA) is 78.7 Å². The van der Waals surface area contributed by atoms with Crippen molar-refractivity contribution in [2.75, 3.05) is 39.3 Å². The maximum absolute atomic E-state index is 12.8. The van der Waals surface area contributed by atoms with E-state index in [-0.39, 0.29) is 36.6 Å². The zero-order valence-electron chi connectivity index (χ0n) is 16.9. The molecule has 1 aromatic rings. The van der Waals surface area contributed by atoms with Crippen molar-refractivity contribution < 1.29 is 9.59 Å². The molecule has 0 bridgehead atoms. The van der Waals surface area contributed by atoms with Crippen LogP contribution in [0.5, 0.6) is 0 Å². The number of piperazine rings is 1. The van der Waals surface area contributed by atoms with Crippen LogP contribution in [0.3, 0.4) is 0 Å². The molecule has 8 heteroatoms. The molecule has 1 aliphatic rings. The van der Waals surface area contributed by atoms with E-state index in [0.717, 1.165) is 31.5 Å². The highest BCUT2D eigenvalue weighted by Crippen LogP contribution is 2.28. The van der Waals surface area contributed by atoms with Crippen molar-refractivity contribution in [1.82, 2.24) is 15.1 Å². The first-order valence-electron chi connectivity index (χ1n) is 9.57. The van der Waals surface area contributed by atoms with Crippen LogP contribution in [0.25, 0.3) is 0 Å². The third-order valence-electron chi connectivity index (χ3n) is 5.56. The highest BCUT2D eigenvalue weighted by atomic mass is 35.5. The van der Waals surface area contributed by atoms with Gasteiger partial charge in [0.2, 0.25) is 11.8 Å².